The molecule has 2 amide bonds. The van der Waals surface area contributed by atoms with E-state index in [4.69, 9.17) is 42.2 Å². The van der Waals surface area contributed by atoms with Gasteiger partial charge in [0, 0.05) is 49.8 Å². The summed E-state index contributed by atoms with van der Waals surface area (Å²) < 4.78 is 65.5. The second-order valence-corrected chi connectivity index (χ2v) is 32.3. The van der Waals surface area contributed by atoms with E-state index in [1.807, 2.05) is 45.4 Å². The molecule has 2 saturated carbocycles. The average molecular weight is 1510 g/mol. The zero-order valence-corrected chi connectivity index (χ0v) is 64.7. The number of nitrogens with zero attached hydrogens (tertiary/aromatic N) is 1. The number of phosphoric ester groups is 1. The third-order valence-corrected chi connectivity index (χ3v) is 22.6. The van der Waals surface area contributed by atoms with Crippen molar-refractivity contribution in [2.24, 2.45) is 16.7 Å². The quantitative estimate of drug-likeness (QED) is 0.00688. The highest BCUT2D eigenvalue weighted by Gasteiger charge is 2.78. The molecule has 2 bridgehead atoms. The average Bonchev–Trinajstić information content (AvgIpc) is 0.669. The number of benzene rings is 4. The number of carbonyl (C=O) groups excluding carboxylic acids is 8. The van der Waals surface area contributed by atoms with E-state index in [9.17, 15) is 48.4 Å². The number of ketones is 1. The van der Waals surface area contributed by atoms with E-state index in [1.54, 1.807) is 92.7 Å². The van der Waals surface area contributed by atoms with E-state index in [2.05, 4.69) is 10.6 Å². The zero-order valence-electron chi connectivity index (χ0n) is 63.8. The van der Waals surface area contributed by atoms with Crippen LogP contribution in [0.5, 0.6) is 0 Å². The molecule has 1 unspecified atom stereocenters. The maximum Gasteiger partial charge on any atom is 0.509 e. The highest BCUT2D eigenvalue weighted by Crippen LogP contribution is 2.64. The van der Waals surface area contributed by atoms with Crippen LogP contribution in [0.25, 0.3) is 0 Å². The fourth-order valence-electron chi connectivity index (χ4n) is 15.5. The van der Waals surface area contributed by atoms with E-state index >= 15 is 9.59 Å². The van der Waals surface area contributed by atoms with Gasteiger partial charge in [0.2, 0.25) is 12.0 Å². The number of esters is 4. The summed E-state index contributed by atoms with van der Waals surface area (Å²) in [6.45, 7) is 8.59. The van der Waals surface area contributed by atoms with E-state index < -0.39 is 127 Å². The maximum absolute atomic E-state index is 15.9. The molecule has 586 valence electrons. The number of quaternary nitrogens is 1. The van der Waals surface area contributed by atoms with Crippen LogP contribution in [0.3, 0.4) is 0 Å². The number of aryl methyl sites for hydroxylation is 1. The third-order valence-electron chi connectivity index (χ3n) is 21.6. The van der Waals surface area contributed by atoms with Gasteiger partial charge in [-0.25, -0.2) is 18.9 Å². The maximum atomic E-state index is 15.9. The van der Waals surface area contributed by atoms with Crippen molar-refractivity contribution in [2.75, 3.05) is 59.4 Å². The molecular weight excluding hydrogens is 1390 g/mol. The molecule has 3 fully saturated rings. The minimum Gasteiger partial charge on any atom is -0.455 e. The summed E-state index contributed by atoms with van der Waals surface area (Å²) in [4.78, 5) is 124. The van der Waals surface area contributed by atoms with Gasteiger partial charge >= 0.3 is 37.9 Å². The number of fused-ring (bicyclic) bond motifs is 5. The molecule has 25 heteroatoms. The standard InChI is InChI=1S/C82H112N3O21P/c1-56-64(54-82(95)74(105-76(92)62-42-32-26-33-43-62)72-80(6,65(88)53-66-81(72,55-99-66)106-58(3)87)73(90)70(102-57(2)86)68(56)79(82,4)5)103-77(93)71(69(60-38-28-24-29-39-60)84-75(91)61-40-30-25-31-41-61)104-78(94)98-50-36-34-44-67(89)83-63-47-45-59(46-48-63)37-27-22-20-18-16-14-12-10-11-13-15-17-19-21-23-35-51-100-107(96,97)101-52-49-85(7,8)9/h24-26,28-33,38-43,45-48,64-66,69-72,74,88,95H,10-23,27,34-37,44,49-55H2,1-9H3,(H2-,83,84,89,91,96,97)/p+1/t64-,65-,66+,69-,70+,71+,72-,74-,80+,81-,82+/m0/s1. The van der Waals surface area contributed by atoms with Crippen LogP contribution in [0.4, 0.5) is 10.5 Å². The van der Waals surface area contributed by atoms with Gasteiger partial charge in [-0.05, 0) is 105 Å². The molecule has 8 rings (SSSR count). The lowest BCUT2D eigenvalue weighted by Crippen LogP contribution is -2.82. The van der Waals surface area contributed by atoms with Crippen LogP contribution in [-0.2, 0) is 77.2 Å². The molecule has 1 heterocycles. The smallest absolute Gasteiger partial charge is 0.455 e. The lowest BCUT2D eigenvalue weighted by molar-refractivity contribution is -0.870. The van der Waals surface area contributed by atoms with Crippen molar-refractivity contribution in [3.05, 3.63) is 149 Å². The van der Waals surface area contributed by atoms with Crippen LogP contribution in [0, 0.1) is 16.7 Å². The summed E-state index contributed by atoms with van der Waals surface area (Å²) >= 11 is 0. The van der Waals surface area contributed by atoms with Gasteiger partial charge < -0.3 is 63.4 Å². The molecule has 4 aromatic rings. The number of aliphatic hydroxyl groups excluding tert-OH is 1. The van der Waals surface area contributed by atoms with E-state index in [0.29, 0.717) is 23.1 Å². The summed E-state index contributed by atoms with van der Waals surface area (Å²) in [7, 11) is 2.00. The molecular formula is C82H113N3O21P+. The number of carbonyl (C=O) groups is 8. The van der Waals surface area contributed by atoms with Crippen LogP contribution in [0.1, 0.15) is 214 Å². The third kappa shape index (κ3) is 22.7. The van der Waals surface area contributed by atoms with Crippen LogP contribution >= 0.6 is 7.82 Å². The van der Waals surface area contributed by atoms with Gasteiger partial charge in [0.25, 0.3) is 5.91 Å². The van der Waals surface area contributed by atoms with Crippen LogP contribution in [-0.4, -0.2) is 169 Å². The Bertz CT molecular complexity index is 3700. The molecule has 1 aliphatic heterocycles. The van der Waals surface area contributed by atoms with Crippen molar-refractivity contribution in [3.63, 3.8) is 0 Å². The first-order chi connectivity index (χ1) is 50.9. The molecule has 1 saturated heterocycles. The number of amides is 2. The Balaban J connectivity index is 0.852. The van der Waals surface area contributed by atoms with Crippen molar-refractivity contribution in [1.29, 1.82) is 0 Å². The Morgan fingerprint density at radius 2 is 1.21 bits per heavy atom. The number of ether oxygens (including phenoxy) is 7. The van der Waals surface area contributed by atoms with Crippen LogP contribution in [0.2, 0.25) is 0 Å². The largest absolute Gasteiger partial charge is 0.509 e. The lowest BCUT2D eigenvalue weighted by atomic mass is 9.44. The predicted octanol–water partition coefficient (Wildman–Crippen LogP) is 13.3. The Hall–Kier alpha value is -7.67. The first kappa shape index (κ1) is 84.9. The highest BCUT2D eigenvalue weighted by molar-refractivity contribution is 7.47. The van der Waals surface area contributed by atoms with Crippen molar-refractivity contribution in [2.45, 2.75) is 237 Å². The van der Waals surface area contributed by atoms with Gasteiger partial charge in [-0.2, -0.15) is 0 Å². The summed E-state index contributed by atoms with van der Waals surface area (Å²) in [6.07, 6.45) is 7.69. The van der Waals surface area contributed by atoms with E-state index in [1.165, 1.54) is 102 Å². The number of hydrogen-bond acceptors (Lipinski definition) is 20. The second-order valence-electron chi connectivity index (χ2n) is 30.8. The van der Waals surface area contributed by atoms with Crippen molar-refractivity contribution >= 4 is 61.1 Å². The molecule has 3 aliphatic carbocycles. The molecule has 0 radical (unpaired) electrons. The molecule has 5 N–H and O–H groups in total. The topological polar surface area (TPSA) is 321 Å². The summed E-state index contributed by atoms with van der Waals surface area (Å²) in [6, 6.07) is 30.3. The molecule has 12 atom stereocenters. The highest BCUT2D eigenvalue weighted by atomic mass is 31.2. The summed E-state index contributed by atoms with van der Waals surface area (Å²) in [5.74, 6) is -7.51. The van der Waals surface area contributed by atoms with Crippen LogP contribution < -0.4 is 10.6 Å². The van der Waals surface area contributed by atoms with Crippen LogP contribution in [0.15, 0.2) is 126 Å². The number of Topliss-reactive ketones (excluding diaryl/α,β-unsaturated/α-hetero) is 1. The van der Waals surface area contributed by atoms with E-state index in [0.717, 1.165) is 52.4 Å². The van der Waals surface area contributed by atoms with Gasteiger partial charge in [0.05, 0.1) is 64.0 Å². The van der Waals surface area contributed by atoms with Gasteiger partial charge in [0.1, 0.15) is 43.1 Å². The summed E-state index contributed by atoms with van der Waals surface area (Å²) in [5.41, 5.74) is -5.95. The Morgan fingerprint density at radius 1 is 0.664 bits per heavy atom. The Labute approximate surface area is 629 Å². The fourth-order valence-corrected chi connectivity index (χ4v) is 16.2. The number of hydrogen-bond donors (Lipinski definition) is 5. The van der Waals surface area contributed by atoms with Crippen molar-refractivity contribution < 1.29 is 105 Å². The number of aliphatic hydroxyl groups is 2. The molecule has 0 spiro atoms. The predicted molar refractivity (Wildman–Crippen MR) is 399 cm³/mol. The minimum absolute atomic E-state index is 0.0264. The van der Waals surface area contributed by atoms with Gasteiger partial charge in [-0.1, -0.05) is 183 Å². The number of likely N-dealkylation sites (N-methyl/N-ethyl adjacent to an activating group) is 1. The molecule has 0 aromatic heterocycles. The van der Waals surface area contributed by atoms with E-state index in [-0.39, 0.29) is 79.4 Å². The Kier molecular flexibility index (Phi) is 31.0. The second kappa shape index (κ2) is 39.1. The lowest BCUT2D eigenvalue weighted by Gasteiger charge is -2.67. The SMILES string of the molecule is CC(=O)O[C@H]1C(=O)[C@@]2(C)[C@H]([C@H](OC(=O)c3ccccc3)[C@]3(O)C[C@H](OC(=O)[C@H](OC(=O)OCCCCC(=O)Nc4ccc(CCCCCCCCCCCCCCCCCCOP(=O)(O)OCC[N+](C)(C)C)cc4)[C@@H](NC(=O)c4ccccc4)c4ccccc4)C(C)=C1C3(C)C)[C@]1(OC(C)=O)CO[C@@H]1C[C@@H]2O. The summed E-state index contributed by atoms with van der Waals surface area (Å²) in [5, 5.41) is 32.2. The minimum atomic E-state index is -3.98. The zero-order chi connectivity index (χ0) is 77.6. The normalized spacial score (nSPS) is 24.1. The molecule has 4 aliphatic rings. The van der Waals surface area contributed by atoms with Gasteiger partial charge in [-0.3, -0.25) is 33.0 Å². The number of anilines is 1. The monoisotopic (exact) mass is 1510 g/mol. The molecule has 107 heavy (non-hydrogen) atoms. The van der Waals surface area contributed by atoms with Crippen molar-refractivity contribution in [3.8, 4) is 0 Å². The molecule has 4 aromatic carbocycles. The first-order valence-corrected chi connectivity index (χ1v) is 39.6. The first-order valence-electron chi connectivity index (χ1n) is 38.1. The fraction of sp³-hybridized carbons (Fsp3) is 0.585. The number of phosphoric acid groups is 1. The van der Waals surface area contributed by atoms with Crippen molar-refractivity contribution in [1.82, 2.24) is 5.32 Å². The van der Waals surface area contributed by atoms with Gasteiger partial charge in [-0.15, -0.1) is 0 Å². The Morgan fingerprint density at radius 3 is 1.76 bits per heavy atom. The molecule has 24 nitrogen and oxygen atoms in total. The number of unbranched alkanes of at least 4 members (excludes halogenated alkanes) is 16. The number of nitrogens with one attached hydrogen (secondary N) is 2. The van der Waals surface area contributed by atoms with Gasteiger partial charge in [0.15, 0.2) is 17.5 Å². The number of rotatable bonds is 41.